The van der Waals surface area contributed by atoms with Crippen LogP contribution >= 0.6 is 11.3 Å². The molecule has 2 aromatic heterocycles. The number of nitrogens with zero attached hydrogens (tertiary/aromatic N) is 1. The van der Waals surface area contributed by atoms with Crippen molar-refractivity contribution in [2.75, 3.05) is 6.54 Å². The van der Waals surface area contributed by atoms with Gasteiger partial charge in [0.1, 0.15) is 0 Å². The van der Waals surface area contributed by atoms with E-state index < -0.39 is 0 Å². The predicted molar refractivity (Wildman–Crippen MR) is 81.7 cm³/mol. The first-order valence-electron chi connectivity index (χ1n) is 6.67. The molecule has 0 fully saturated rings. The number of hydrogen-bond donors (Lipinski definition) is 2. The molecule has 0 aliphatic carbocycles. The molecule has 4 nitrogen and oxygen atoms in total. The molecular weight excluding hydrogens is 270 g/mol. The second kappa shape index (κ2) is 7.65. The van der Waals surface area contributed by atoms with Gasteiger partial charge in [0.25, 0.3) is 0 Å². The second-order valence-corrected chi connectivity index (χ2v) is 5.85. The van der Waals surface area contributed by atoms with E-state index in [-0.39, 0.29) is 6.03 Å². The SMILES string of the molecule is C[C@@H](CNC(=O)NCc1cccnc1)Cc1cccs1. The number of aromatic nitrogens is 1. The summed E-state index contributed by atoms with van der Waals surface area (Å²) in [5.41, 5.74) is 0.995. The van der Waals surface area contributed by atoms with Crippen molar-refractivity contribution in [3.8, 4) is 0 Å². The number of hydrogen-bond acceptors (Lipinski definition) is 3. The Hall–Kier alpha value is -1.88. The summed E-state index contributed by atoms with van der Waals surface area (Å²) in [6.45, 7) is 3.32. The van der Waals surface area contributed by atoms with Crippen molar-refractivity contribution in [2.24, 2.45) is 5.92 Å². The molecule has 0 aliphatic rings. The third-order valence-electron chi connectivity index (χ3n) is 2.92. The number of carbonyl (C=O) groups excluding carboxylic acids is 1. The number of carbonyl (C=O) groups is 1. The van der Waals surface area contributed by atoms with Gasteiger partial charge in [-0.2, -0.15) is 0 Å². The Kier molecular flexibility index (Phi) is 5.55. The topological polar surface area (TPSA) is 54.0 Å². The number of pyridine rings is 1. The van der Waals surface area contributed by atoms with E-state index in [0.717, 1.165) is 12.0 Å². The first kappa shape index (κ1) is 14.5. The van der Waals surface area contributed by atoms with Gasteiger partial charge >= 0.3 is 6.03 Å². The molecule has 0 saturated carbocycles. The molecule has 5 heteroatoms. The molecular formula is C15H19N3OS. The number of thiophene rings is 1. The summed E-state index contributed by atoms with van der Waals surface area (Å²) in [5.74, 6) is 0.429. The smallest absolute Gasteiger partial charge is 0.315 e. The predicted octanol–water partition coefficient (Wildman–Crippen LogP) is 2.82. The fourth-order valence-corrected chi connectivity index (χ4v) is 2.73. The highest BCUT2D eigenvalue weighted by Gasteiger charge is 2.07. The fourth-order valence-electron chi connectivity index (χ4n) is 1.86. The summed E-state index contributed by atoms with van der Waals surface area (Å²) in [6.07, 6.45) is 4.47. The molecule has 2 N–H and O–H groups in total. The molecule has 0 aliphatic heterocycles. The Bertz CT molecular complexity index is 513. The average molecular weight is 289 g/mol. The van der Waals surface area contributed by atoms with Gasteiger partial charge in [0.05, 0.1) is 0 Å². The van der Waals surface area contributed by atoms with Crippen molar-refractivity contribution in [1.29, 1.82) is 0 Å². The lowest BCUT2D eigenvalue weighted by atomic mass is 10.1. The van der Waals surface area contributed by atoms with E-state index in [1.165, 1.54) is 4.88 Å². The summed E-state index contributed by atoms with van der Waals surface area (Å²) >= 11 is 1.76. The van der Waals surface area contributed by atoms with Gasteiger partial charge in [-0.25, -0.2) is 4.79 Å². The number of nitrogens with one attached hydrogen (secondary N) is 2. The van der Waals surface area contributed by atoms with Crippen LogP contribution in [0.2, 0.25) is 0 Å². The van der Waals surface area contributed by atoms with Gasteiger partial charge < -0.3 is 10.6 Å². The van der Waals surface area contributed by atoms with E-state index in [2.05, 4.69) is 40.1 Å². The minimum atomic E-state index is -0.133. The van der Waals surface area contributed by atoms with E-state index >= 15 is 0 Å². The molecule has 106 valence electrons. The molecule has 2 rings (SSSR count). The van der Waals surface area contributed by atoms with Crippen molar-refractivity contribution < 1.29 is 4.79 Å². The van der Waals surface area contributed by atoms with E-state index in [1.807, 2.05) is 12.1 Å². The van der Waals surface area contributed by atoms with Crippen LogP contribution in [-0.4, -0.2) is 17.6 Å². The lowest BCUT2D eigenvalue weighted by Crippen LogP contribution is -2.37. The van der Waals surface area contributed by atoms with Crippen LogP contribution in [0, 0.1) is 5.92 Å². The lowest BCUT2D eigenvalue weighted by Gasteiger charge is -2.12. The second-order valence-electron chi connectivity index (χ2n) is 4.81. The van der Waals surface area contributed by atoms with Crippen LogP contribution in [-0.2, 0) is 13.0 Å². The Morgan fingerprint density at radius 1 is 1.35 bits per heavy atom. The Morgan fingerprint density at radius 2 is 2.25 bits per heavy atom. The molecule has 0 aromatic carbocycles. The van der Waals surface area contributed by atoms with Crippen molar-refractivity contribution in [3.05, 3.63) is 52.5 Å². The highest BCUT2D eigenvalue weighted by atomic mass is 32.1. The van der Waals surface area contributed by atoms with Crippen molar-refractivity contribution in [3.63, 3.8) is 0 Å². The molecule has 2 aromatic rings. The molecule has 2 heterocycles. The molecule has 0 spiro atoms. The van der Waals surface area contributed by atoms with E-state index in [9.17, 15) is 4.79 Å². The normalized spacial score (nSPS) is 11.8. The zero-order valence-corrected chi connectivity index (χ0v) is 12.3. The van der Waals surface area contributed by atoms with Crippen LogP contribution in [0.25, 0.3) is 0 Å². The molecule has 20 heavy (non-hydrogen) atoms. The lowest BCUT2D eigenvalue weighted by molar-refractivity contribution is 0.239. The Morgan fingerprint density at radius 3 is 2.95 bits per heavy atom. The van der Waals surface area contributed by atoms with Crippen molar-refractivity contribution >= 4 is 17.4 Å². The molecule has 1 atom stereocenters. The van der Waals surface area contributed by atoms with Gasteiger partial charge in [0, 0.05) is 30.4 Å². The summed E-state index contributed by atoms with van der Waals surface area (Å²) in [5, 5.41) is 7.80. The maximum atomic E-state index is 11.7. The Labute approximate surface area is 123 Å². The van der Waals surface area contributed by atoms with Gasteiger partial charge in [0.2, 0.25) is 0 Å². The highest BCUT2D eigenvalue weighted by molar-refractivity contribution is 7.09. The quantitative estimate of drug-likeness (QED) is 0.859. The van der Waals surface area contributed by atoms with E-state index in [1.54, 1.807) is 23.7 Å². The zero-order valence-electron chi connectivity index (χ0n) is 11.5. The largest absolute Gasteiger partial charge is 0.338 e. The highest BCUT2D eigenvalue weighted by Crippen LogP contribution is 2.13. The van der Waals surface area contributed by atoms with Gasteiger partial charge in [-0.1, -0.05) is 19.1 Å². The number of rotatable bonds is 6. The summed E-state index contributed by atoms with van der Waals surface area (Å²) < 4.78 is 0. The third kappa shape index (κ3) is 5.01. The first-order chi connectivity index (χ1) is 9.74. The van der Waals surface area contributed by atoms with Crippen molar-refractivity contribution in [1.82, 2.24) is 15.6 Å². The summed E-state index contributed by atoms with van der Waals surface area (Å²) in [7, 11) is 0. The minimum Gasteiger partial charge on any atom is -0.338 e. The molecule has 0 bridgehead atoms. The van der Waals surface area contributed by atoms with Crippen LogP contribution in [0.4, 0.5) is 4.79 Å². The standard InChI is InChI=1S/C15H19N3OS/c1-12(8-14-5-3-7-20-14)9-17-15(19)18-11-13-4-2-6-16-10-13/h2-7,10,12H,8-9,11H2,1H3,(H2,17,18,19)/t12-/m1/s1. The van der Waals surface area contributed by atoms with E-state index in [4.69, 9.17) is 0 Å². The zero-order chi connectivity index (χ0) is 14.2. The van der Waals surface area contributed by atoms with Crippen LogP contribution in [0.5, 0.6) is 0 Å². The van der Waals surface area contributed by atoms with Gasteiger partial charge in [-0.05, 0) is 35.4 Å². The molecule has 2 amide bonds. The summed E-state index contributed by atoms with van der Waals surface area (Å²) in [4.78, 5) is 17.0. The van der Waals surface area contributed by atoms with Gasteiger partial charge in [-0.3, -0.25) is 4.98 Å². The molecule has 0 saturated heterocycles. The Balaban J connectivity index is 1.64. The van der Waals surface area contributed by atoms with Crippen LogP contribution in [0.1, 0.15) is 17.4 Å². The monoisotopic (exact) mass is 289 g/mol. The van der Waals surface area contributed by atoms with Gasteiger partial charge in [0.15, 0.2) is 0 Å². The van der Waals surface area contributed by atoms with Crippen LogP contribution in [0.15, 0.2) is 42.0 Å². The average Bonchev–Trinajstić information content (AvgIpc) is 2.97. The molecule has 0 unspecified atom stereocenters. The maximum Gasteiger partial charge on any atom is 0.315 e. The number of urea groups is 1. The van der Waals surface area contributed by atoms with Crippen LogP contribution < -0.4 is 10.6 Å². The minimum absolute atomic E-state index is 0.133. The van der Waals surface area contributed by atoms with Crippen LogP contribution in [0.3, 0.4) is 0 Å². The van der Waals surface area contributed by atoms with Crippen molar-refractivity contribution in [2.45, 2.75) is 19.9 Å². The maximum absolute atomic E-state index is 11.7. The first-order valence-corrected chi connectivity index (χ1v) is 7.55. The van der Waals surface area contributed by atoms with Gasteiger partial charge in [-0.15, -0.1) is 11.3 Å². The fraction of sp³-hybridized carbons (Fsp3) is 0.333. The summed E-state index contributed by atoms with van der Waals surface area (Å²) in [6, 6.07) is 7.85. The van der Waals surface area contributed by atoms with E-state index in [0.29, 0.717) is 19.0 Å². The third-order valence-corrected chi connectivity index (χ3v) is 3.82. The number of amides is 2. The molecule has 0 radical (unpaired) electrons.